The number of rotatable bonds is 9. The molecule has 0 atom stereocenters. The van der Waals surface area contributed by atoms with Crippen LogP contribution in [0.3, 0.4) is 0 Å². The number of benzene rings is 1. The van der Waals surface area contributed by atoms with Crippen LogP contribution in [0.15, 0.2) is 42.3 Å². The van der Waals surface area contributed by atoms with Gasteiger partial charge in [-0.1, -0.05) is 18.7 Å². The molecule has 1 aromatic carbocycles. The molecule has 0 bridgehead atoms. The number of hydrogen-bond donors (Lipinski definition) is 2. The number of carbonyl (C=O) groups is 2. The van der Waals surface area contributed by atoms with Crippen molar-refractivity contribution < 1.29 is 9.59 Å². The number of nitrogens with zero attached hydrogens (tertiary/aromatic N) is 1. The molecule has 0 aliphatic heterocycles. The Morgan fingerprint density at radius 1 is 1.24 bits per heavy atom. The standard InChI is InChI=1S/C19H23N3O2S/c1-3-17(23)22-16-9-6-15(7-10-16)8-11-18(24)20-12-4-5-19-21-14(2)13-25-19/h3,6-7,9-10,13H,1,4-5,8,11-12H2,2H3,(H,20,24)(H,22,23). The van der Waals surface area contributed by atoms with E-state index >= 15 is 0 Å². The lowest BCUT2D eigenvalue weighted by molar-refractivity contribution is -0.121. The van der Waals surface area contributed by atoms with E-state index in [9.17, 15) is 9.59 Å². The van der Waals surface area contributed by atoms with Gasteiger partial charge in [-0.3, -0.25) is 9.59 Å². The van der Waals surface area contributed by atoms with E-state index in [1.807, 2.05) is 36.6 Å². The molecule has 2 rings (SSSR count). The summed E-state index contributed by atoms with van der Waals surface area (Å²) in [7, 11) is 0. The summed E-state index contributed by atoms with van der Waals surface area (Å²) in [5.74, 6) is -0.181. The number of thiazole rings is 1. The van der Waals surface area contributed by atoms with Gasteiger partial charge in [-0.15, -0.1) is 11.3 Å². The van der Waals surface area contributed by atoms with Crippen LogP contribution in [0.2, 0.25) is 0 Å². The van der Waals surface area contributed by atoms with Crippen LogP contribution >= 0.6 is 11.3 Å². The zero-order valence-corrected chi connectivity index (χ0v) is 15.2. The second-order valence-corrected chi connectivity index (χ2v) is 6.67. The van der Waals surface area contributed by atoms with Gasteiger partial charge in [-0.2, -0.15) is 0 Å². The second kappa shape index (κ2) is 9.74. The molecule has 0 saturated carbocycles. The zero-order chi connectivity index (χ0) is 18.1. The molecule has 0 aliphatic carbocycles. The Balaban J connectivity index is 1.64. The molecule has 0 fully saturated rings. The quantitative estimate of drug-likeness (QED) is 0.534. The summed E-state index contributed by atoms with van der Waals surface area (Å²) in [6.07, 6.45) is 4.16. The molecule has 132 valence electrons. The molecular formula is C19H23N3O2S. The van der Waals surface area contributed by atoms with Gasteiger partial charge in [0.2, 0.25) is 11.8 Å². The lowest BCUT2D eigenvalue weighted by Crippen LogP contribution is -2.24. The van der Waals surface area contributed by atoms with Gasteiger partial charge in [-0.05, 0) is 43.5 Å². The lowest BCUT2D eigenvalue weighted by atomic mass is 10.1. The minimum atomic E-state index is -0.236. The first-order chi connectivity index (χ1) is 12.1. The number of amides is 2. The number of hydrogen-bond acceptors (Lipinski definition) is 4. The van der Waals surface area contributed by atoms with Crippen LogP contribution in [-0.4, -0.2) is 23.3 Å². The van der Waals surface area contributed by atoms with Crippen molar-refractivity contribution in [3.8, 4) is 0 Å². The Hall–Kier alpha value is -2.47. The van der Waals surface area contributed by atoms with Crippen molar-refractivity contribution in [1.29, 1.82) is 0 Å². The highest BCUT2D eigenvalue weighted by Gasteiger charge is 2.04. The van der Waals surface area contributed by atoms with Crippen molar-refractivity contribution in [3.05, 3.63) is 58.6 Å². The van der Waals surface area contributed by atoms with Gasteiger partial charge < -0.3 is 10.6 Å². The Kier molecular flexibility index (Phi) is 7.35. The third kappa shape index (κ3) is 6.89. The Morgan fingerprint density at radius 2 is 2.00 bits per heavy atom. The molecule has 1 aromatic heterocycles. The van der Waals surface area contributed by atoms with E-state index in [1.54, 1.807) is 11.3 Å². The highest BCUT2D eigenvalue weighted by Crippen LogP contribution is 2.12. The molecule has 6 heteroatoms. The van der Waals surface area contributed by atoms with E-state index in [4.69, 9.17) is 0 Å². The fraction of sp³-hybridized carbons (Fsp3) is 0.316. The van der Waals surface area contributed by atoms with Crippen LogP contribution in [0.25, 0.3) is 0 Å². The summed E-state index contributed by atoms with van der Waals surface area (Å²) in [6, 6.07) is 7.48. The highest BCUT2D eigenvalue weighted by atomic mass is 32.1. The van der Waals surface area contributed by atoms with Crippen LogP contribution in [0.4, 0.5) is 5.69 Å². The molecule has 1 heterocycles. The Bertz CT molecular complexity index is 723. The average Bonchev–Trinajstić information content (AvgIpc) is 3.03. The predicted molar refractivity (Wildman–Crippen MR) is 102 cm³/mol. The van der Waals surface area contributed by atoms with Gasteiger partial charge in [0.05, 0.1) is 5.01 Å². The molecule has 0 spiro atoms. The minimum absolute atomic E-state index is 0.0550. The fourth-order valence-corrected chi connectivity index (χ4v) is 3.10. The first kappa shape index (κ1) is 18.9. The van der Waals surface area contributed by atoms with Crippen LogP contribution < -0.4 is 10.6 Å². The Morgan fingerprint density at radius 3 is 2.64 bits per heavy atom. The predicted octanol–water partition coefficient (Wildman–Crippen LogP) is 3.26. The molecule has 0 aliphatic rings. The summed E-state index contributed by atoms with van der Waals surface area (Å²) >= 11 is 1.67. The van der Waals surface area contributed by atoms with Crippen molar-refractivity contribution in [2.45, 2.75) is 32.6 Å². The maximum Gasteiger partial charge on any atom is 0.247 e. The van der Waals surface area contributed by atoms with E-state index in [0.29, 0.717) is 19.4 Å². The largest absolute Gasteiger partial charge is 0.356 e. The van der Waals surface area contributed by atoms with E-state index in [0.717, 1.165) is 34.8 Å². The van der Waals surface area contributed by atoms with Gasteiger partial charge in [0.1, 0.15) is 0 Å². The van der Waals surface area contributed by atoms with Crippen molar-refractivity contribution in [2.24, 2.45) is 0 Å². The molecule has 5 nitrogen and oxygen atoms in total. The molecule has 0 radical (unpaired) electrons. The van der Waals surface area contributed by atoms with Crippen molar-refractivity contribution in [3.63, 3.8) is 0 Å². The molecule has 2 N–H and O–H groups in total. The Labute approximate surface area is 152 Å². The number of aromatic nitrogens is 1. The van der Waals surface area contributed by atoms with Gasteiger partial charge in [0.25, 0.3) is 0 Å². The SMILES string of the molecule is C=CC(=O)Nc1ccc(CCC(=O)NCCCc2nc(C)cs2)cc1. The van der Waals surface area contributed by atoms with Crippen LogP contribution in [0.1, 0.15) is 29.1 Å². The fourth-order valence-electron chi connectivity index (χ4n) is 2.28. The second-order valence-electron chi connectivity index (χ2n) is 5.73. The third-order valence-corrected chi connectivity index (χ3v) is 4.63. The van der Waals surface area contributed by atoms with Gasteiger partial charge in [-0.25, -0.2) is 4.98 Å². The topological polar surface area (TPSA) is 71.1 Å². The minimum Gasteiger partial charge on any atom is -0.356 e. The van der Waals surface area contributed by atoms with Gasteiger partial charge in [0, 0.05) is 36.1 Å². The summed E-state index contributed by atoms with van der Waals surface area (Å²) in [6.45, 7) is 6.07. The van der Waals surface area contributed by atoms with Crippen molar-refractivity contribution in [2.75, 3.05) is 11.9 Å². The lowest BCUT2D eigenvalue weighted by Gasteiger charge is -2.06. The van der Waals surface area contributed by atoms with Gasteiger partial charge >= 0.3 is 0 Å². The van der Waals surface area contributed by atoms with Crippen LogP contribution in [-0.2, 0) is 22.4 Å². The molecule has 2 amide bonds. The van der Waals surface area contributed by atoms with Gasteiger partial charge in [0.15, 0.2) is 0 Å². The van der Waals surface area contributed by atoms with E-state index in [1.165, 1.54) is 6.08 Å². The van der Waals surface area contributed by atoms with Crippen molar-refractivity contribution in [1.82, 2.24) is 10.3 Å². The molecule has 0 saturated heterocycles. The summed E-state index contributed by atoms with van der Waals surface area (Å²) in [4.78, 5) is 27.5. The third-order valence-electron chi connectivity index (χ3n) is 3.60. The summed E-state index contributed by atoms with van der Waals surface area (Å²) < 4.78 is 0. The highest BCUT2D eigenvalue weighted by molar-refractivity contribution is 7.09. The maximum atomic E-state index is 11.9. The van der Waals surface area contributed by atoms with Crippen LogP contribution in [0.5, 0.6) is 0 Å². The molecule has 2 aromatic rings. The first-order valence-electron chi connectivity index (χ1n) is 8.27. The van der Waals surface area contributed by atoms with E-state index < -0.39 is 0 Å². The maximum absolute atomic E-state index is 11.9. The average molecular weight is 357 g/mol. The number of carbonyl (C=O) groups excluding carboxylic acids is 2. The van der Waals surface area contributed by atoms with Crippen molar-refractivity contribution >= 4 is 28.8 Å². The van der Waals surface area contributed by atoms with E-state index in [2.05, 4.69) is 22.2 Å². The normalized spacial score (nSPS) is 10.3. The first-order valence-corrected chi connectivity index (χ1v) is 9.15. The summed E-state index contributed by atoms with van der Waals surface area (Å²) in [5.41, 5.74) is 2.83. The molecular weight excluding hydrogens is 334 g/mol. The number of nitrogens with one attached hydrogen (secondary N) is 2. The smallest absolute Gasteiger partial charge is 0.247 e. The monoisotopic (exact) mass is 357 g/mol. The van der Waals surface area contributed by atoms with E-state index in [-0.39, 0.29) is 11.8 Å². The molecule has 0 unspecified atom stereocenters. The van der Waals surface area contributed by atoms with Crippen LogP contribution in [0, 0.1) is 6.92 Å². The zero-order valence-electron chi connectivity index (χ0n) is 14.4. The number of anilines is 1. The summed E-state index contributed by atoms with van der Waals surface area (Å²) in [5, 5.41) is 8.80. The number of aryl methyl sites for hydroxylation is 3. The molecule has 25 heavy (non-hydrogen) atoms.